The summed E-state index contributed by atoms with van der Waals surface area (Å²) in [5, 5.41) is 2.90. The van der Waals surface area contributed by atoms with E-state index in [1.165, 1.54) is 4.31 Å². The van der Waals surface area contributed by atoms with E-state index in [-0.39, 0.29) is 11.7 Å². The standard InChI is InChI=1S/C21H28N2O4S/c1-4-23(28(25,26)5-2)19-13-11-18(12-14-19)21(24)22-15-7-9-17-8-6-10-20(16-17)27-3/h6,8,10-14,16H,4-5,7,9,15H2,1-3H3,(H,22,24). The largest absolute Gasteiger partial charge is 0.497 e. The van der Waals surface area contributed by atoms with E-state index in [9.17, 15) is 13.2 Å². The Morgan fingerprint density at radius 1 is 1.11 bits per heavy atom. The fraction of sp³-hybridized carbons (Fsp3) is 0.381. The maximum atomic E-state index is 12.3. The molecule has 2 aromatic carbocycles. The number of hydrogen-bond donors (Lipinski definition) is 1. The van der Waals surface area contributed by atoms with Crippen molar-refractivity contribution in [2.24, 2.45) is 0 Å². The Balaban J connectivity index is 1.89. The maximum absolute atomic E-state index is 12.3. The lowest BCUT2D eigenvalue weighted by atomic mass is 10.1. The molecular weight excluding hydrogens is 376 g/mol. The summed E-state index contributed by atoms with van der Waals surface area (Å²) < 4.78 is 30.8. The number of benzene rings is 2. The number of aryl methyl sites for hydroxylation is 1. The van der Waals surface area contributed by atoms with Crippen LogP contribution in [0.2, 0.25) is 0 Å². The fourth-order valence-corrected chi connectivity index (χ4v) is 4.05. The molecule has 7 heteroatoms. The number of amides is 1. The van der Waals surface area contributed by atoms with E-state index in [0.29, 0.717) is 24.3 Å². The Bertz CT molecular complexity index is 880. The summed E-state index contributed by atoms with van der Waals surface area (Å²) in [7, 11) is -1.68. The van der Waals surface area contributed by atoms with E-state index < -0.39 is 10.0 Å². The topological polar surface area (TPSA) is 75.7 Å². The Labute approximate surface area is 167 Å². The van der Waals surface area contributed by atoms with Gasteiger partial charge < -0.3 is 10.1 Å². The molecule has 0 unspecified atom stereocenters. The van der Waals surface area contributed by atoms with Gasteiger partial charge in [-0.1, -0.05) is 12.1 Å². The summed E-state index contributed by atoms with van der Waals surface area (Å²) in [5.74, 6) is 0.697. The fourth-order valence-electron chi connectivity index (χ4n) is 2.90. The number of sulfonamides is 1. The van der Waals surface area contributed by atoms with Gasteiger partial charge in [0.1, 0.15) is 5.75 Å². The van der Waals surface area contributed by atoms with Crippen molar-refractivity contribution >= 4 is 21.6 Å². The zero-order chi connectivity index (χ0) is 20.6. The lowest BCUT2D eigenvalue weighted by Crippen LogP contribution is -2.32. The molecular formula is C21H28N2O4S. The third-order valence-electron chi connectivity index (χ3n) is 4.47. The number of methoxy groups -OCH3 is 1. The van der Waals surface area contributed by atoms with E-state index in [4.69, 9.17) is 4.74 Å². The molecule has 152 valence electrons. The van der Waals surface area contributed by atoms with E-state index in [2.05, 4.69) is 5.32 Å². The van der Waals surface area contributed by atoms with Gasteiger partial charge in [-0.25, -0.2) is 8.42 Å². The Morgan fingerprint density at radius 2 is 1.82 bits per heavy atom. The molecule has 0 atom stereocenters. The molecule has 0 aromatic heterocycles. The minimum Gasteiger partial charge on any atom is -0.497 e. The number of nitrogens with zero attached hydrogens (tertiary/aromatic N) is 1. The second kappa shape index (κ2) is 10.1. The van der Waals surface area contributed by atoms with E-state index in [0.717, 1.165) is 24.2 Å². The highest BCUT2D eigenvalue weighted by Crippen LogP contribution is 2.19. The van der Waals surface area contributed by atoms with Gasteiger partial charge >= 0.3 is 0 Å². The first-order chi connectivity index (χ1) is 13.4. The van der Waals surface area contributed by atoms with E-state index in [1.54, 1.807) is 45.2 Å². The molecule has 2 aromatic rings. The summed E-state index contributed by atoms with van der Waals surface area (Å²) in [6.45, 7) is 4.32. The van der Waals surface area contributed by atoms with Crippen LogP contribution in [0.3, 0.4) is 0 Å². The molecule has 0 aliphatic carbocycles. The average molecular weight is 405 g/mol. The highest BCUT2D eigenvalue weighted by Gasteiger charge is 2.18. The molecule has 0 heterocycles. The average Bonchev–Trinajstić information content (AvgIpc) is 2.72. The van der Waals surface area contributed by atoms with Crippen LogP contribution in [-0.4, -0.2) is 40.3 Å². The highest BCUT2D eigenvalue weighted by molar-refractivity contribution is 7.92. The van der Waals surface area contributed by atoms with Crippen LogP contribution in [0.15, 0.2) is 48.5 Å². The van der Waals surface area contributed by atoms with Crippen molar-refractivity contribution in [2.45, 2.75) is 26.7 Å². The van der Waals surface area contributed by atoms with E-state index >= 15 is 0 Å². The zero-order valence-corrected chi connectivity index (χ0v) is 17.5. The van der Waals surface area contributed by atoms with Crippen LogP contribution in [0, 0.1) is 0 Å². The Kier molecular flexibility index (Phi) is 7.87. The highest BCUT2D eigenvalue weighted by atomic mass is 32.2. The SMILES string of the molecule is CCN(c1ccc(C(=O)NCCCc2cccc(OC)c2)cc1)S(=O)(=O)CC. The van der Waals surface area contributed by atoms with Crippen LogP contribution >= 0.6 is 0 Å². The molecule has 0 fully saturated rings. The first kappa shape index (κ1) is 21.8. The van der Waals surface area contributed by atoms with Crippen molar-refractivity contribution in [3.63, 3.8) is 0 Å². The first-order valence-corrected chi connectivity index (χ1v) is 11.0. The zero-order valence-electron chi connectivity index (χ0n) is 16.6. The summed E-state index contributed by atoms with van der Waals surface area (Å²) in [4.78, 5) is 12.3. The predicted molar refractivity (Wildman–Crippen MR) is 113 cm³/mol. The van der Waals surface area contributed by atoms with Crippen molar-refractivity contribution in [3.8, 4) is 5.75 Å². The molecule has 0 aliphatic rings. The number of hydrogen-bond acceptors (Lipinski definition) is 4. The maximum Gasteiger partial charge on any atom is 0.251 e. The lowest BCUT2D eigenvalue weighted by Gasteiger charge is -2.22. The molecule has 6 nitrogen and oxygen atoms in total. The van der Waals surface area contributed by atoms with Crippen LogP contribution in [0.25, 0.3) is 0 Å². The normalized spacial score (nSPS) is 11.1. The van der Waals surface area contributed by atoms with Gasteiger partial charge in [-0.05, 0) is 68.7 Å². The minimum absolute atomic E-state index is 0.0381. The number of ether oxygens (including phenoxy) is 1. The van der Waals surface area contributed by atoms with Gasteiger partial charge in [0.15, 0.2) is 0 Å². The number of carbonyl (C=O) groups excluding carboxylic acids is 1. The molecule has 0 radical (unpaired) electrons. The van der Waals surface area contributed by atoms with Crippen molar-refractivity contribution in [2.75, 3.05) is 30.3 Å². The number of rotatable bonds is 10. The molecule has 0 saturated carbocycles. The molecule has 0 saturated heterocycles. The van der Waals surface area contributed by atoms with Gasteiger partial charge in [0.2, 0.25) is 10.0 Å². The lowest BCUT2D eigenvalue weighted by molar-refractivity contribution is 0.0953. The van der Waals surface area contributed by atoms with Crippen molar-refractivity contribution in [1.82, 2.24) is 5.32 Å². The predicted octanol–water partition coefficient (Wildman–Crippen LogP) is 3.23. The first-order valence-electron chi connectivity index (χ1n) is 9.42. The van der Waals surface area contributed by atoms with Gasteiger partial charge in [0.05, 0.1) is 18.6 Å². The van der Waals surface area contributed by atoms with Gasteiger partial charge in [-0.15, -0.1) is 0 Å². The monoisotopic (exact) mass is 404 g/mol. The van der Waals surface area contributed by atoms with Gasteiger partial charge in [0, 0.05) is 18.7 Å². The molecule has 1 N–H and O–H groups in total. The third kappa shape index (κ3) is 5.73. The number of anilines is 1. The third-order valence-corrected chi connectivity index (χ3v) is 6.34. The summed E-state index contributed by atoms with van der Waals surface area (Å²) in [5.41, 5.74) is 2.24. The quantitative estimate of drug-likeness (QED) is 0.617. The van der Waals surface area contributed by atoms with Crippen LogP contribution < -0.4 is 14.4 Å². The molecule has 0 aliphatic heterocycles. The van der Waals surface area contributed by atoms with Crippen LogP contribution in [0.4, 0.5) is 5.69 Å². The summed E-state index contributed by atoms with van der Waals surface area (Å²) >= 11 is 0. The van der Waals surface area contributed by atoms with Crippen molar-refractivity contribution < 1.29 is 17.9 Å². The minimum atomic E-state index is -3.32. The molecule has 2 rings (SSSR count). The van der Waals surface area contributed by atoms with Gasteiger partial charge in [-0.3, -0.25) is 9.10 Å². The van der Waals surface area contributed by atoms with Gasteiger partial charge in [-0.2, -0.15) is 0 Å². The molecule has 0 spiro atoms. The van der Waals surface area contributed by atoms with Crippen molar-refractivity contribution in [3.05, 3.63) is 59.7 Å². The second-order valence-electron chi connectivity index (χ2n) is 6.32. The van der Waals surface area contributed by atoms with Crippen molar-refractivity contribution in [1.29, 1.82) is 0 Å². The summed E-state index contributed by atoms with van der Waals surface area (Å²) in [6.07, 6.45) is 1.66. The smallest absolute Gasteiger partial charge is 0.251 e. The second-order valence-corrected chi connectivity index (χ2v) is 8.51. The number of carbonyl (C=O) groups is 1. The Morgan fingerprint density at radius 3 is 2.43 bits per heavy atom. The Hall–Kier alpha value is -2.54. The number of nitrogens with one attached hydrogen (secondary N) is 1. The summed E-state index contributed by atoms with van der Waals surface area (Å²) in [6, 6.07) is 14.5. The van der Waals surface area contributed by atoms with Crippen LogP contribution in [0.5, 0.6) is 5.75 Å². The molecule has 0 bridgehead atoms. The molecule has 28 heavy (non-hydrogen) atoms. The van der Waals surface area contributed by atoms with Crippen LogP contribution in [0.1, 0.15) is 36.2 Å². The van der Waals surface area contributed by atoms with Crippen LogP contribution in [-0.2, 0) is 16.4 Å². The van der Waals surface area contributed by atoms with Gasteiger partial charge in [0.25, 0.3) is 5.91 Å². The van der Waals surface area contributed by atoms with E-state index in [1.807, 2.05) is 24.3 Å². The molecule has 1 amide bonds.